The zero-order chi connectivity index (χ0) is 16.0. The summed E-state index contributed by atoms with van der Waals surface area (Å²) in [5.41, 5.74) is 0. The molecule has 0 aromatic heterocycles. The number of hydrogen-bond acceptors (Lipinski definition) is 0. The van der Waals surface area contributed by atoms with Crippen molar-refractivity contribution in [3.8, 4) is 12.3 Å². The first kappa shape index (κ1) is 21.2. The van der Waals surface area contributed by atoms with Crippen LogP contribution in [0.15, 0.2) is 0 Å². The molecule has 0 rings (SSSR count). The summed E-state index contributed by atoms with van der Waals surface area (Å²) in [4.78, 5) is 0. The lowest BCUT2D eigenvalue weighted by Crippen LogP contribution is -2.52. The molecule has 0 radical (unpaired) electrons. The Balaban J connectivity index is 3.66. The maximum absolute atomic E-state index is 5.66. The number of rotatable bonds is 14. The Hall–Kier alpha value is 0.250. The third-order valence-electron chi connectivity index (χ3n) is 4.83. The molecule has 0 saturated heterocycles. The van der Waals surface area contributed by atoms with E-state index in [1.165, 1.54) is 70.8 Å². The number of terminal acetylenes is 1. The van der Waals surface area contributed by atoms with Crippen LogP contribution in [0.4, 0.5) is 0 Å². The largest absolute Gasteiger partial charge is 0.303 e. The number of hydrogen-bond donors (Lipinski definition) is 0. The van der Waals surface area contributed by atoms with Gasteiger partial charge < -0.3 is 4.48 Å². The third kappa shape index (κ3) is 9.08. The summed E-state index contributed by atoms with van der Waals surface area (Å²) in [7, 11) is 0. The van der Waals surface area contributed by atoms with Crippen LogP contribution in [0.1, 0.15) is 85.0 Å². The highest BCUT2D eigenvalue weighted by atomic mass is 127. The SMILES string of the molecule is C#CC(I)[N+](CC)(CC)CCCCCCCCCCCC. The van der Waals surface area contributed by atoms with Crippen molar-refractivity contribution in [2.24, 2.45) is 0 Å². The van der Waals surface area contributed by atoms with Gasteiger partial charge in [0.15, 0.2) is 0 Å². The first-order chi connectivity index (χ1) is 10.2. The van der Waals surface area contributed by atoms with E-state index in [0.29, 0.717) is 4.05 Å². The van der Waals surface area contributed by atoms with Crippen molar-refractivity contribution in [3.63, 3.8) is 0 Å². The van der Waals surface area contributed by atoms with Crippen LogP contribution in [0.5, 0.6) is 0 Å². The molecule has 0 N–H and O–H groups in total. The van der Waals surface area contributed by atoms with Gasteiger partial charge in [0, 0.05) is 22.6 Å². The number of alkyl halides is 1. The fraction of sp³-hybridized carbons (Fsp3) is 0.895. The first-order valence-electron chi connectivity index (χ1n) is 9.12. The number of halogens is 1. The summed E-state index contributed by atoms with van der Waals surface area (Å²) >= 11 is 2.45. The summed E-state index contributed by atoms with van der Waals surface area (Å²) in [6.07, 6.45) is 19.7. The fourth-order valence-electron chi connectivity index (χ4n) is 3.05. The molecule has 0 amide bonds. The molecule has 0 aliphatic heterocycles. The van der Waals surface area contributed by atoms with Gasteiger partial charge in [0.2, 0.25) is 4.05 Å². The van der Waals surface area contributed by atoms with Crippen LogP contribution >= 0.6 is 22.6 Å². The Morgan fingerprint density at radius 3 is 1.62 bits per heavy atom. The van der Waals surface area contributed by atoms with Crippen LogP contribution in [0.25, 0.3) is 0 Å². The van der Waals surface area contributed by atoms with E-state index in [2.05, 4.69) is 49.3 Å². The third-order valence-corrected chi connectivity index (χ3v) is 6.38. The van der Waals surface area contributed by atoms with Gasteiger partial charge in [0.05, 0.1) is 19.6 Å². The number of unbranched alkanes of at least 4 members (excludes halogenated alkanes) is 9. The van der Waals surface area contributed by atoms with Gasteiger partial charge in [0.25, 0.3) is 0 Å². The summed E-state index contributed by atoms with van der Waals surface area (Å²) in [5, 5.41) is 0. The Bertz CT molecular complexity index is 265. The molecule has 1 nitrogen and oxygen atoms in total. The van der Waals surface area contributed by atoms with Crippen LogP contribution < -0.4 is 0 Å². The quantitative estimate of drug-likeness (QED) is 0.0810. The van der Waals surface area contributed by atoms with Crippen LogP contribution in [0.3, 0.4) is 0 Å². The van der Waals surface area contributed by atoms with Gasteiger partial charge in [-0.2, -0.15) is 0 Å². The van der Waals surface area contributed by atoms with E-state index < -0.39 is 0 Å². The molecule has 0 aliphatic rings. The topological polar surface area (TPSA) is 0 Å². The highest BCUT2D eigenvalue weighted by Crippen LogP contribution is 2.21. The highest BCUT2D eigenvalue weighted by molar-refractivity contribution is 14.1. The van der Waals surface area contributed by atoms with Gasteiger partial charge in [-0.15, -0.1) is 6.42 Å². The van der Waals surface area contributed by atoms with Gasteiger partial charge in [0.1, 0.15) is 0 Å². The molecule has 0 aromatic rings. The Kier molecular flexibility index (Phi) is 14.0. The van der Waals surface area contributed by atoms with Gasteiger partial charge in [-0.3, -0.25) is 0 Å². The van der Waals surface area contributed by atoms with E-state index in [-0.39, 0.29) is 0 Å². The minimum Gasteiger partial charge on any atom is -0.303 e. The Morgan fingerprint density at radius 2 is 1.24 bits per heavy atom. The van der Waals surface area contributed by atoms with Crippen molar-refractivity contribution in [2.75, 3.05) is 19.6 Å². The predicted molar refractivity (Wildman–Crippen MR) is 105 cm³/mol. The van der Waals surface area contributed by atoms with Gasteiger partial charge >= 0.3 is 0 Å². The standard InChI is InChI=1S/C19H37IN/c1-5-9-10-11-12-13-14-15-16-17-18-21(7-3,8-4)19(20)6-2/h2,19H,5,7-18H2,1,3-4H3/q+1. The summed E-state index contributed by atoms with van der Waals surface area (Å²) in [5.74, 6) is 2.95. The molecule has 0 heterocycles. The van der Waals surface area contributed by atoms with Crippen LogP contribution in [-0.2, 0) is 0 Å². The molecule has 1 atom stereocenters. The predicted octanol–water partition coefficient (Wildman–Crippen LogP) is 6.16. The summed E-state index contributed by atoms with van der Waals surface area (Å²) in [6.45, 7) is 10.4. The lowest BCUT2D eigenvalue weighted by molar-refractivity contribution is -0.924. The van der Waals surface area contributed by atoms with Gasteiger partial charge in [-0.1, -0.05) is 58.3 Å². The molecule has 2 heteroatoms. The monoisotopic (exact) mass is 406 g/mol. The molecule has 0 spiro atoms. The molecule has 0 fully saturated rings. The summed E-state index contributed by atoms with van der Waals surface area (Å²) < 4.78 is 1.42. The molecule has 124 valence electrons. The van der Waals surface area contributed by atoms with Crippen molar-refractivity contribution >= 4 is 22.6 Å². The lowest BCUT2D eigenvalue weighted by atomic mass is 10.1. The van der Waals surface area contributed by atoms with Gasteiger partial charge in [-0.05, 0) is 32.6 Å². The normalized spacial score (nSPS) is 13.1. The lowest BCUT2D eigenvalue weighted by Gasteiger charge is -2.39. The first-order valence-corrected chi connectivity index (χ1v) is 10.4. The molecular formula is C19H37IN+. The highest BCUT2D eigenvalue weighted by Gasteiger charge is 2.29. The second kappa shape index (κ2) is 13.9. The molecule has 0 saturated carbocycles. The summed E-state index contributed by atoms with van der Waals surface area (Å²) in [6, 6.07) is 0. The smallest absolute Gasteiger partial charge is 0.200 e. The molecule has 0 bridgehead atoms. The van der Waals surface area contributed by atoms with Crippen molar-refractivity contribution in [1.82, 2.24) is 0 Å². The zero-order valence-corrected chi connectivity index (χ0v) is 16.8. The van der Waals surface area contributed by atoms with Crippen LogP contribution in [0, 0.1) is 12.3 Å². The maximum atomic E-state index is 5.66. The number of quaternary nitrogens is 1. The minimum atomic E-state index is 0.330. The Morgan fingerprint density at radius 1 is 0.810 bits per heavy atom. The van der Waals surface area contributed by atoms with Crippen molar-refractivity contribution in [3.05, 3.63) is 0 Å². The second-order valence-corrected chi connectivity index (χ2v) is 7.44. The van der Waals surface area contributed by atoms with E-state index >= 15 is 0 Å². The van der Waals surface area contributed by atoms with Crippen LogP contribution in [-0.4, -0.2) is 28.2 Å². The van der Waals surface area contributed by atoms with E-state index in [9.17, 15) is 0 Å². The fourth-order valence-corrected chi connectivity index (χ4v) is 4.11. The average molecular weight is 406 g/mol. The van der Waals surface area contributed by atoms with E-state index in [1.807, 2.05) is 0 Å². The Labute approximate surface area is 148 Å². The zero-order valence-electron chi connectivity index (χ0n) is 14.7. The minimum absolute atomic E-state index is 0.330. The molecule has 1 unspecified atom stereocenters. The van der Waals surface area contributed by atoms with Crippen LogP contribution in [0.2, 0.25) is 0 Å². The van der Waals surface area contributed by atoms with E-state index in [0.717, 1.165) is 17.6 Å². The molecule has 0 aromatic carbocycles. The maximum Gasteiger partial charge on any atom is 0.200 e. The second-order valence-electron chi connectivity index (χ2n) is 6.26. The van der Waals surface area contributed by atoms with Gasteiger partial charge in [-0.25, -0.2) is 0 Å². The van der Waals surface area contributed by atoms with E-state index in [4.69, 9.17) is 6.42 Å². The van der Waals surface area contributed by atoms with Crippen molar-refractivity contribution in [2.45, 2.75) is 89.0 Å². The van der Waals surface area contributed by atoms with Crippen molar-refractivity contribution in [1.29, 1.82) is 0 Å². The van der Waals surface area contributed by atoms with Crippen molar-refractivity contribution < 1.29 is 4.48 Å². The number of nitrogens with zero attached hydrogens (tertiary/aromatic N) is 1. The molecule has 21 heavy (non-hydrogen) atoms. The molecule has 0 aliphatic carbocycles. The van der Waals surface area contributed by atoms with E-state index in [1.54, 1.807) is 0 Å². The molecular weight excluding hydrogens is 369 g/mol. The average Bonchev–Trinajstić information content (AvgIpc) is 2.52.